The maximum absolute atomic E-state index is 11.3. The molecule has 0 aliphatic rings. The molecule has 1 aromatic rings. The van der Waals surface area contributed by atoms with Gasteiger partial charge in [-0.05, 0) is 18.2 Å². The first-order chi connectivity index (χ1) is 7.67. The van der Waals surface area contributed by atoms with Gasteiger partial charge in [-0.3, -0.25) is 4.79 Å². The Morgan fingerprint density at radius 2 is 2.31 bits per heavy atom. The molecule has 3 N–H and O–H groups in total. The first kappa shape index (κ1) is 12.6. The van der Waals surface area contributed by atoms with Gasteiger partial charge in [-0.25, -0.2) is 0 Å². The van der Waals surface area contributed by atoms with Crippen molar-refractivity contribution in [3.05, 3.63) is 28.8 Å². The summed E-state index contributed by atoms with van der Waals surface area (Å²) in [6, 6.07) is 5.16. The van der Waals surface area contributed by atoms with Crippen molar-refractivity contribution < 1.29 is 4.79 Å². The number of nitrogens with one attached hydrogen (secondary N) is 1. The molecule has 0 aromatic heterocycles. The van der Waals surface area contributed by atoms with E-state index in [0.29, 0.717) is 17.1 Å². The highest BCUT2D eigenvalue weighted by atomic mass is 35.5. The van der Waals surface area contributed by atoms with E-state index < -0.39 is 0 Å². The summed E-state index contributed by atoms with van der Waals surface area (Å²) in [6.45, 7) is 2.06. The fraction of sp³-hybridized carbons (Fsp3) is 0.250. The zero-order valence-electron chi connectivity index (χ0n) is 9.01. The van der Waals surface area contributed by atoms with Gasteiger partial charge in [0.2, 0.25) is 5.91 Å². The average molecular weight is 237 g/mol. The van der Waals surface area contributed by atoms with Crippen molar-refractivity contribution in [1.29, 1.82) is 0 Å². The van der Waals surface area contributed by atoms with Gasteiger partial charge in [0.05, 0.1) is 12.2 Å². The highest BCUT2D eigenvalue weighted by molar-refractivity contribution is 6.31. The molecule has 16 heavy (non-hydrogen) atoms. The fourth-order valence-corrected chi connectivity index (χ4v) is 1.29. The van der Waals surface area contributed by atoms with Crippen LogP contribution in [0, 0.1) is 11.8 Å². The van der Waals surface area contributed by atoms with Crippen LogP contribution in [0.2, 0.25) is 5.02 Å². The summed E-state index contributed by atoms with van der Waals surface area (Å²) in [5.41, 5.74) is 6.64. The lowest BCUT2D eigenvalue weighted by Crippen LogP contribution is -2.10. The van der Waals surface area contributed by atoms with Crippen molar-refractivity contribution >= 4 is 23.2 Å². The Morgan fingerprint density at radius 3 is 2.94 bits per heavy atom. The molecule has 0 saturated heterocycles. The smallest absolute Gasteiger partial charge is 0.224 e. The molecule has 0 radical (unpaired) electrons. The summed E-state index contributed by atoms with van der Waals surface area (Å²) >= 11 is 5.85. The second-order valence-electron chi connectivity index (χ2n) is 3.10. The van der Waals surface area contributed by atoms with Crippen LogP contribution >= 0.6 is 11.6 Å². The highest BCUT2D eigenvalue weighted by Gasteiger charge is 2.04. The summed E-state index contributed by atoms with van der Waals surface area (Å²) in [4.78, 5) is 11.3. The van der Waals surface area contributed by atoms with E-state index in [-0.39, 0.29) is 12.5 Å². The zero-order chi connectivity index (χ0) is 12.0. The second-order valence-corrected chi connectivity index (χ2v) is 3.53. The lowest BCUT2D eigenvalue weighted by Gasteiger charge is -2.06. The number of carbonyl (C=O) groups is 1. The lowest BCUT2D eigenvalue weighted by molar-refractivity contribution is -0.115. The maximum atomic E-state index is 11.3. The number of hydrogen-bond acceptors (Lipinski definition) is 2. The molecule has 0 heterocycles. The number of benzene rings is 1. The van der Waals surface area contributed by atoms with Gasteiger partial charge < -0.3 is 11.1 Å². The molecular weight excluding hydrogens is 224 g/mol. The van der Waals surface area contributed by atoms with Crippen molar-refractivity contribution in [3.63, 3.8) is 0 Å². The summed E-state index contributed by atoms with van der Waals surface area (Å²) in [5, 5.41) is 3.30. The Morgan fingerprint density at radius 1 is 1.56 bits per heavy atom. The Hall–Kier alpha value is -1.50. The minimum atomic E-state index is -0.0712. The molecule has 1 aromatic carbocycles. The van der Waals surface area contributed by atoms with Crippen LogP contribution in [-0.2, 0) is 4.79 Å². The number of rotatable bonds is 2. The third kappa shape index (κ3) is 3.58. The predicted molar refractivity (Wildman–Crippen MR) is 66.3 cm³/mol. The van der Waals surface area contributed by atoms with E-state index in [1.54, 1.807) is 25.1 Å². The fourth-order valence-electron chi connectivity index (χ4n) is 1.11. The normalized spacial score (nSPS) is 9.19. The van der Waals surface area contributed by atoms with Crippen LogP contribution < -0.4 is 11.1 Å². The standard InChI is InChI=1S/C12H13ClN2O/c1-2-12(16)15-11-8-10(13)6-5-9(11)4-3-7-14/h5-6,8H,2,7,14H2,1H3,(H,15,16). The van der Waals surface area contributed by atoms with Gasteiger partial charge in [-0.1, -0.05) is 30.4 Å². The van der Waals surface area contributed by atoms with Gasteiger partial charge in [0, 0.05) is 17.0 Å². The van der Waals surface area contributed by atoms with Crippen LogP contribution in [0.25, 0.3) is 0 Å². The quantitative estimate of drug-likeness (QED) is 0.772. The molecule has 0 bridgehead atoms. The molecule has 3 nitrogen and oxygen atoms in total. The third-order valence-electron chi connectivity index (χ3n) is 1.90. The Balaban J connectivity index is 3.03. The van der Waals surface area contributed by atoms with Gasteiger partial charge in [-0.15, -0.1) is 0 Å². The van der Waals surface area contributed by atoms with Crippen LogP contribution in [0.3, 0.4) is 0 Å². The minimum absolute atomic E-state index is 0.0712. The predicted octanol–water partition coefficient (Wildman–Crippen LogP) is 2.00. The van der Waals surface area contributed by atoms with Crippen molar-refractivity contribution in [1.82, 2.24) is 0 Å². The Labute approximate surface area is 100.0 Å². The van der Waals surface area contributed by atoms with Crippen molar-refractivity contribution in [2.75, 3.05) is 11.9 Å². The molecule has 0 atom stereocenters. The molecule has 0 fully saturated rings. The van der Waals surface area contributed by atoms with E-state index in [0.717, 1.165) is 5.56 Å². The van der Waals surface area contributed by atoms with E-state index in [2.05, 4.69) is 17.2 Å². The molecule has 0 aliphatic carbocycles. The van der Waals surface area contributed by atoms with Crippen LogP contribution in [-0.4, -0.2) is 12.5 Å². The number of nitrogens with two attached hydrogens (primary N) is 1. The Kier molecular flexibility index (Phi) is 4.84. The third-order valence-corrected chi connectivity index (χ3v) is 2.14. The topological polar surface area (TPSA) is 55.1 Å². The summed E-state index contributed by atoms with van der Waals surface area (Å²) in [5.74, 6) is 5.55. The summed E-state index contributed by atoms with van der Waals surface area (Å²) < 4.78 is 0. The molecule has 1 rings (SSSR count). The van der Waals surface area contributed by atoms with Crippen molar-refractivity contribution in [3.8, 4) is 11.8 Å². The van der Waals surface area contributed by atoms with Gasteiger partial charge in [0.1, 0.15) is 0 Å². The first-order valence-corrected chi connectivity index (χ1v) is 5.33. The summed E-state index contributed by atoms with van der Waals surface area (Å²) in [7, 11) is 0. The van der Waals surface area contributed by atoms with Crippen molar-refractivity contribution in [2.24, 2.45) is 5.73 Å². The molecule has 84 valence electrons. The monoisotopic (exact) mass is 236 g/mol. The van der Waals surface area contributed by atoms with Gasteiger partial charge in [0.25, 0.3) is 0 Å². The van der Waals surface area contributed by atoms with Gasteiger partial charge >= 0.3 is 0 Å². The highest BCUT2D eigenvalue weighted by Crippen LogP contribution is 2.20. The van der Waals surface area contributed by atoms with Crippen molar-refractivity contribution in [2.45, 2.75) is 13.3 Å². The van der Waals surface area contributed by atoms with Crippen LogP contribution in [0.15, 0.2) is 18.2 Å². The number of halogens is 1. The minimum Gasteiger partial charge on any atom is -0.325 e. The molecule has 4 heteroatoms. The largest absolute Gasteiger partial charge is 0.325 e. The summed E-state index contributed by atoms with van der Waals surface area (Å²) in [6.07, 6.45) is 0.413. The maximum Gasteiger partial charge on any atom is 0.224 e. The van der Waals surface area contributed by atoms with Crippen LogP contribution in [0.4, 0.5) is 5.69 Å². The SMILES string of the molecule is CCC(=O)Nc1cc(Cl)ccc1C#CCN. The van der Waals surface area contributed by atoms with Gasteiger partial charge in [-0.2, -0.15) is 0 Å². The number of hydrogen-bond donors (Lipinski definition) is 2. The second kappa shape index (κ2) is 6.16. The first-order valence-electron chi connectivity index (χ1n) is 4.95. The lowest BCUT2D eigenvalue weighted by atomic mass is 10.1. The van der Waals surface area contributed by atoms with E-state index >= 15 is 0 Å². The number of anilines is 1. The zero-order valence-corrected chi connectivity index (χ0v) is 9.77. The number of amides is 1. The van der Waals surface area contributed by atoms with E-state index in [9.17, 15) is 4.79 Å². The number of carbonyl (C=O) groups excluding carboxylic acids is 1. The van der Waals surface area contributed by atoms with E-state index in [4.69, 9.17) is 17.3 Å². The van der Waals surface area contributed by atoms with E-state index in [1.807, 2.05) is 0 Å². The molecular formula is C12H13ClN2O. The molecule has 0 saturated carbocycles. The van der Waals surface area contributed by atoms with Crippen LogP contribution in [0.5, 0.6) is 0 Å². The average Bonchev–Trinajstić information content (AvgIpc) is 2.28. The van der Waals surface area contributed by atoms with Gasteiger partial charge in [0.15, 0.2) is 0 Å². The molecule has 0 spiro atoms. The van der Waals surface area contributed by atoms with E-state index in [1.165, 1.54) is 0 Å². The molecule has 0 aliphatic heterocycles. The molecule has 1 amide bonds. The molecule has 0 unspecified atom stereocenters. The Bertz CT molecular complexity index is 446. The van der Waals surface area contributed by atoms with Crippen LogP contribution in [0.1, 0.15) is 18.9 Å².